The molecule has 0 aromatic rings. The minimum atomic E-state index is 1.15. The lowest BCUT2D eigenvalue weighted by molar-refractivity contribution is 0.569. The third kappa shape index (κ3) is 12.4. The second-order valence-corrected chi connectivity index (χ2v) is 5.81. The Morgan fingerprint density at radius 2 is 1.33 bits per heavy atom. The Labute approximate surface area is 106 Å². The van der Waals surface area contributed by atoms with Crippen molar-refractivity contribution in [1.82, 2.24) is 0 Å². The summed E-state index contributed by atoms with van der Waals surface area (Å²) in [7, 11) is 0. The number of thioether (sulfide) groups is 1. The summed E-state index contributed by atoms with van der Waals surface area (Å²) in [5.74, 6) is 0. The first kappa shape index (κ1) is 15.4. The summed E-state index contributed by atoms with van der Waals surface area (Å²) in [4.78, 5) is 0. The van der Waals surface area contributed by atoms with Crippen molar-refractivity contribution in [2.75, 3.05) is 6.26 Å². The van der Waals surface area contributed by atoms with Crippen LogP contribution in [0, 0.1) is 0 Å². The molecule has 0 radical (unpaired) electrons. The van der Waals surface area contributed by atoms with Crippen molar-refractivity contribution in [2.45, 2.75) is 71.1 Å². The molecule has 0 aliphatic carbocycles. The van der Waals surface area contributed by atoms with Crippen LogP contribution >= 0.6 is 24.0 Å². The number of rotatable bonds is 10. The van der Waals surface area contributed by atoms with Gasteiger partial charge in [0.25, 0.3) is 0 Å². The second kappa shape index (κ2) is 12.5. The second-order valence-electron chi connectivity index (χ2n) is 4.15. The van der Waals surface area contributed by atoms with Gasteiger partial charge in [0, 0.05) is 4.20 Å². The SMILES string of the molecule is CCCCCCCCCCCC(=S)SC. The van der Waals surface area contributed by atoms with Gasteiger partial charge >= 0.3 is 0 Å². The average molecular weight is 246 g/mol. The standard InChI is InChI=1S/C13H26S2/c1-3-4-5-6-7-8-9-10-11-12-13(14)15-2/h3-12H2,1-2H3. The fourth-order valence-electron chi connectivity index (χ4n) is 1.68. The maximum atomic E-state index is 5.17. The zero-order valence-electron chi connectivity index (χ0n) is 10.4. The smallest absolute Gasteiger partial charge is 0.0475 e. The van der Waals surface area contributed by atoms with Gasteiger partial charge in [-0.1, -0.05) is 70.5 Å². The molecule has 0 rings (SSSR count). The van der Waals surface area contributed by atoms with Crippen LogP contribution in [0.2, 0.25) is 0 Å². The Kier molecular flexibility index (Phi) is 12.9. The molecule has 0 bridgehead atoms. The molecule has 0 aliphatic rings. The molecule has 0 saturated heterocycles. The molecular formula is C13H26S2. The molecule has 0 spiro atoms. The molecule has 0 aliphatic heterocycles. The van der Waals surface area contributed by atoms with Crippen molar-refractivity contribution in [3.05, 3.63) is 0 Å². The third-order valence-electron chi connectivity index (χ3n) is 2.71. The first-order chi connectivity index (χ1) is 7.31. The lowest BCUT2D eigenvalue weighted by Gasteiger charge is -2.02. The van der Waals surface area contributed by atoms with E-state index in [9.17, 15) is 0 Å². The molecule has 2 heteroatoms. The van der Waals surface area contributed by atoms with Crippen LogP contribution in [0.5, 0.6) is 0 Å². The predicted octanol–water partition coefficient (Wildman–Crippen LogP) is 5.60. The summed E-state index contributed by atoms with van der Waals surface area (Å²) in [5.41, 5.74) is 0. The van der Waals surface area contributed by atoms with E-state index in [0.717, 1.165) is 6.42 Å². The molecule has 0 unspecified atom stereocenters. The summed E-state index contributed by atoms with van der Waals surface area (Å²) in [5, 5.41) is 0. The summed E-state index contributed by atoms with van der Waals surface area (Å²) >= 11 is 6.90. The fourth-order valence-corrected chi connectivity index (χ4v) is 2.17. The molecule has 0 aromatic heterocycles. The molecular weight excluding hydrogens is 220 g/mol. The number of hydrogen-bond donors (Lipinski definition) is 0. The van der Waals surface area contributed by atoms with E-state index in [1.807, 2.05) is 0 Å². The molecule has 0 saturated carbocycles. The Morgan fingerprint density at radius 3 is 1.80 bits per heavy atom. The summed E-state index contributed by atoms with van der Waals surface area (Å²) < 4.78 is 1.18. The monoisotopic (exact) mass is 246 g/mol. The van der Waals surface area contributed by atoms with Gasteiger partial charge in [0.05, 0.1) is 0 Å². The van der Waals surface area contributed by atoms with Gasteiger partial charge in [0.1, 0.15) is 0 Å². The van der Waals surface area contributed by atoms with Crippen molar-refractivity contribution in [3.63, 3.8) is 0 Å². The van der Waals surface area contributed by atoms with Crippen LogP contribution in [0.3, 0.4) is 0 Å². The number of thiocarbonyl (C=S) groups is 1. The van der Waals surface area contributed by atoms with Crippen molar-refractivity contribution >= 4 is 28.2 Å². The van der Waals surface area contributed by atoms with Crippen LogP contribution in [0.1, 0.15) is 71.1 Å². The van der Waals surface area contributed by atoms with Gasteiger partial charge in [-0.05, 0) is 19.1 Å². The fraction of sp³-hybridized carbons (Fsp3) is 0.923. The average Bonchev–Trinajstić information content (AvgIpc) is 2.26. The van der Waals surface area contributed by atoms with E-state index in [4.69, 9.17) is 12.2 Å². The first-order valence-electron chi connectivity index (χ1n) is 6.38. The molecule has 0 aromatic carbocycles. The van der Waals surface area contributed by atoms with Crippen molar-refractivity contribution < 1.29 is 0 Å². The van der Waals surface area contributed by atoms with E-state index in [2.05, 4.69) is 13.2 Å². The highest BCUT2D eigenvalue weighted by atomic mass is 32.2. The summed E-state index contributed by atoms with van der Waals surface area (Å²) in [6.07, 6.45) is 15.8. The van der Waals surface area contributed by atoms with Crippen molar-refractivity contribution in [1.29, 1.82) is 0 Å². The quantitative estimate of drug-likeness (QED) is 0.363. The van der Waals surface area contributed by atoms with Gasteiger partial charge in [-0.2, -0.15) is 0 Å². The van der Waals surface area contributed by atoms with Gasteiger partial charge in [-0.15, -0.1) is 11.8 Å². The Hall–Kier alpha value is 0.440. The predicted molar refractivity (Wildman–Crippen MR) is 78.0 cm³/mol. The van der Waals surface area contributed by atoms with Crippen LogP contribution < -0.4 is 0 Å². The van der Waals surface area contributed by atoms with Gasteiger partial charge in [-0.3, -0.25) is 0 Å². The summed E-state index contributed by atoms with van der Waals surface area (Å²) in [6.45, 7) is 2.27. The molecule has 90 valence electrons. The van der Waals surface area contributed by atoms with E-state index in [0.29, 0.717) is 0 Å². The molecule has 0 heterocycles. The van der Waals surface area contributed by atoms with Gasteiger partial charge in [-0.25, -0.2) is 0 Å². The molecule has 15 heavy (non-hydrogen) atoms. The lowest BCUT2D eigenvalue weighted by atomic mass is 10.1. The Balaban J connectivity index is 2.95. The van der Waals surface area contributed by atoms with Crippen molar-refractivity contribution in [2.24, 2.45) is 0 Å². The Morgan fingerprint density at radius 1 is 0.867 bits per heavy atom. The van der Waals surface area contributed by atoms with Crippen LogP contribution in [0.25, 0.3) is 0 Å². The number of unbranched alkanes of at least 4 members (excludes halogenated alkanes) is 8. The van der Waals surface area contributed by atoms with Gasteiger partial charge in [0.15, 0.2) is 0 Å². The van der Waals surface area contributed by atoms with Crippen LogP contribution in [-0.2, 0) is 0 Å². The highest BCUT2D eigenvalue weighted by Gasteiger charge is 1.95. The zero-order chi connectivity index (χ0) is 11.4. The van der Waals surface area contributed by atoms with E-state index >= 15 is 0 Å². The minimum Gasteiger partial charge on any atom is -0.122 e. The van der Waals surface area contributed by atoms with E-state index < -0.39 is 0 Å². The molecule has 0 fully saturated rings. The molecule has 0 amide bonds. The molecule has 0 nitrogen and oxygen atoms in total. The van der Waals surface area contributed by atoms with E-state index in [1.165, 1.54) is 62.0 Å². The van der Waals surface area contributed by atoms with Crippen molar-refractivity contribution in [3.8, 4) is 0 Å². The van der Waals surface area contributed by atoms with Crippen LogP contribution in [0.15, 0.2) is 0 Å². The summed E-state index contributed by atoms with van der Waals surface area (Å²) in [6, 6.07) is 0. The highest BCUT2D eigenvalue weighted by Crippen LogP contribution is 2.12. The van der Waals surface area contributed by atoms with Gasteiger partial charge < -0.3 is 0 Å². The lowest BCUT2D eigenvalue weighted by Crippen LogP contribution is -1.87. The van der Waals surface area contributed by atoms with E-state index in [1.54, 1.807) is 11.8 Å². The van der Waals surface area contributed by atoms with Gasteiger partial charge in [0.2, 0.25) is 0 Å². The zero-order valence-corrected chi connectivity index (χ0v) is 12.0. The minimum absolute atomic E-state index is 1.15. The third-order valence-corrected chi connectivity index (χ3v) is 4.08. The maximum absolute atomic E-state index is 5.17. The largest absolute Gasteiger partial charge is 0.122 e. The van der Waals surface area contributed by atoms with Crippen LogP contribution in [-0.4, -0.2) is 10.5 Å². The number of hydrogen-bond acceptors (Lipinski definition) is 2. The molecule has 0 N–H and O–H groups in total. The highest BCUT2D eigenvalue weighted by molar-refractivity contribution is 8.22. The van der Waals surface area contributed by atoms with E-state index in [-0.39, 0.29) is 0 Å². The topological polar surface area (TPSA) is 0 Å². The van der Waals surface area contributed by atoms with Crippen LogP contribution in [0.4, 0.5) is 0 Å². The normalized spacial score (nSPS) is 10.5. The molecule has 0 atom stereocenters. The first-order valence-corrected chi connectivity index (χ1v) is 8.01. The Bertz CT molecular complexity index is 143. The maximum Gasteiger partial charge on any atom is 0.0475 e.